The Kier molecular flexibility index (Phi) is 4.76. The Hall–Kier alpha value is -2.14. The molecule has 3 heterocycles. The predicted octanol–water partition coefficient (Wildman–Crippen LogP) is 4.31. The lowest BCUT2D eigenvalue weighted by Gasteiger charge is -2.08. The van der Waals surface area contributed by atoms with Crippen LogP contribution in [0.3, 0.4) is 0 Å². The van der Waals surface area contributed by atoms with E-state index in [1.807, 2.05) is 37.5 Å². The highest BCUT2D eigenvalue weighted by molar-refractivity contribution is 7.98. The molecule has 0 fully saturated rings. The fourth-order valence-electron chi connectivity index (χ4n) is 2.63. The Morgan fingerprint density at radius 2 is 2.13 bits per heavy atom. The SMILES string of the molecule is CC=CCn1c(C)c(C)c2cnnc(SCc3ccccn3)c21. The molecule has 0 aliphatic carbocycles. The Balaban J connectivity index is 2.01. The van der Waals surface area contributed by atoms with E-state index in [9.17, 15) is 0 Å². The number of fused-ring (bicyclic) bond motifs is 1. The molecule has 0 saturated heterocycles. The Labute approximate surface area is 140 Å². The van der Waals surface area contributed by atoms with E-state index in [0.717, 1.165) is 23.0 Å². The monoisotopic (exact) mass is 324 g/mol. The van der Waals surface area contributed by atoms with E-state index in [2.05, 4.69) is 45.7 Å². The summed E-state index contributed by atoms with van der Waals surface area (Å²) in [7, 11) is 0. The summed E-state index contributed by atoms with van der Waals surface area (Å²) in [6, 6.07) is 5.98. The molecule has 3 aromatic rings. The Morgan fingerprint density at radius 1 is 1.26 bits per heavy atom. The van der Waals surface area contributed by atoms with Crippen molar-refractivity contribution in [2.75, 3.05) is 0 Å². The number of hydrogen-bond donors (Lipinski definition) is 0. The van der Waals surface area contributed by atoms with Crippen molar-refractivity contribution in [1.29, 1.82) is 0 Å². The van der Waals surface area contributed by atoms with Crippen LogP contribution in [0.4, 0.5) is 0 Å². The number of allylic oxidation sites excluding steroid dienone is 2. The second kappa shape index (κ2) is 6.96. The third-order valence-corrected chi connectivity index (χ3v) is 5.01. The van der Waals surface area contributed by atoms with Crippen molar-refractivity contribution < 1.29 is 0 Å². The first-order chi connectivity index (χ1) is 11.2. The van der Waals surface area contributed by atoms with Gasteiger partial charge in [0.05, 0.1) is 17.4 Å². The van der Waals surface area contributed by atoms with Crippen LogP contribution in [0.25, 0.3) is 10.9 Å². The van der Waals surface area contributed by atoms with Gasteiger partial charge in [-0.25, -0.2) is 0 Å². The lowest BCUT2D eigenvalue weighted by molar-refractivity contribution is 0.803. The quantitative estimate of drug-likeness (QED) is 0.518. The van der Waals surface area contributed by atoms with Gasteiger partial charge in [0, 0.05) is 29.6 Å². The molecule has 0 bridgehead atoms. The van der Waals surface area contributed by atoms with Crippen LogP contribution in [0.1, 0.15) is 23.9 Å². The summed E-state index contributed by atoms with van der Waals surface area (Å²) >= 11 is 1.69. The van der Waals surface area contributed by atoms with Crippen molar-refractivity contribution >= 4 is 22.7 Å². The van der Waals surface area contributed by atoms with Crippen LogP contribution in [0.5, 0.6) is 0 Å². The molecule has 3 rings (SSSR count). The van der Waals surface area contributed by atoms with Gasteiger partial charge in [-0.2, -0.15) is 5.10 Å². The predicted molar refractivity (Wildman–Crippen MR) is 95.6 cm³/mol. The molecule has 4 nitrogen and oxygen atoms in total. The van der Waals surface area contributed by atoms with Crippen LogP contribution in [-0.4, -0.2) is 19.7 Å². The number of nitrogens with zero attached hydrogens (tertiary/aromatic N) is 4. The van der Waals surface area contributed by atoms with Gasteiger partial charge < -0.3 is 4.57 Å². The summed E-state index contributed by atoms with van der Waals surface area (Å²) in [5, 5.41) is 10.7. The number of aryl methyl sites for hydroxylation is 1. The van der Waals surface area contributed by atoms with Gasteiger partial charge in [0.2, 0.25) is 0 Å². The van der Waals surface area contributed by atoms with Gasteiger partial charge in [-0.15, -0.1) is 5.10 Å². The molecule has 0 amide bonds. The second-order valence-corrected chi connectivity index (χ2v) is 6.38. The second-order valence-electron chi connectivity index (χ2n) is 5.41. The average molecular weight is 324 g/mol. The number of rotatable bonds is 5. The van der Waals surface area contributed by atoms with E-state index in [4.69, 9.17) is 0 Å². The third-order valence-electron chi connectivity index (χ3n) is 4.02. The standard InChI is InChI=1S/C18H20N4S/c1-4-5-10-22-14(3)13(2)16-11-20-21-18(17(16)22)23-12-15-8-6-7-9-19-15/h4-9,11H,10,12H2,1-3H3. The van der Waals surface area contributed by atoms with Gasteiger partial charge in [0.1, 0.15) is 5.03 Å². The molecular weight excluding hydrogens is 304 g/mol. The molecule has 0 unspecified atom stereocenters. The summed E-state index contributed by atoms with van der Waals surface area (Å²) in [6.45, 7) is 7.21. The smallest absolute Gasteiger partial charge is 0.143 e. The highest BCUT2D eigenvalue weighted by Crippen LogP contribution is 2.32. The molecule has 0 N–H and O–H groups in total. The van der Waals surface area contributed by atoms with Crippen molar-refractivity contribution in [3.05, 3.63) is 59.7 Å². The van der Waals surface area contributed by atoms with Crippen LogP contribution in [0, 0.1) is 13.8 Å². The first-order valence-corrected chi connectivity index (χ1v) is 8.66. The lowest BCUT2D eigenvalue weighted by atomic mass is 10.2. The molecule has 0 radical (unpaired) electrons. The van der Waals surface area contributed by atoms with E-state index in [1.54, 1.807) is 11.8 Å². The highest BCUT2D eigenvalue weighted by Gasteiger charge is 2.15. The molecule has 0 atom stereocenters. The Bertz CT molecular complexity index is 837. The minimum Gasteiger partial charge on any atom is -0.339 e. The number of hydrogen-bond acceptors (Lipinski definition) is 4. The number of pyridine rings is 1. The lowest BCUT2D eigenvalue weighted by Crippen LogP contribution is -2.00. The number of thioether (sulfide) groups is 1. The van der Waals surface area contributed by atoms with Crippen LogP contribution >= 0.6 is 11.8 Å². The molecule has 118 valence electrons. The highest BCUT2D eigenvalue weighted by atomic mass is 32.2. The van der Waals surface area contributed by atoms with E-state index >= 15 is 0 Å². The minimum absolute atomic E-state index is 0.793. The van der Waals surface area contributed by atoms with Crippen LogP contribution in [0.2, 0.25) is 0 Å². The zero-order chi connectivity index (χ0) is 16.2. The van der Waals surface area contributed by atoms with E-state index < -0.39 is 0 Å². The minimum atomic E-state index is 0.793. The van der Waals surface area contributed by atoms with E-state index in [0.29, 0.717) is 0 Å². The molecule has 0 aliphatic heterocycles. The van der Waals surface area contributed by atoms with E-state index in [-0.39, 0.29) is 0 Å². The topological polar surface area (TPSA) is 43.6 Å². The third kappa shape index (κ3) is 3.15. The molecule has 5 heteroatoms. The van der Waals surface area contributed by atoms with Crippen molar-refractivity contribution in [1.82, 2.24) is 19.7 Å². The zero-order valence-corrected chi connectivity index (χ0v) is 14.5. The summed E-state index contributed by atoms with van der Waals surface area (Å²) < 4.78 is 2.32. The summed E-state index contributed by atoms with van der Waals surface area (Å²) in [6.07, 6.45) is 7.94. The van der Waals surface area contributed by atoms with Gasteiger partial charge in [-0.05, 0) is 38.5 Å². The van der Waals surface area contributed by atoms with Gasteiger partial charge >= 0.3 is 0 Å². The van der Waals surface area contributed by atoms with E-state index in [1.165, 1.54) is 22.2 Å². The molecule has 0 spiro atoms. The molecule has 0 aliphatic rings. The van der Waals surface area contributed by atoms with Gasteiger partial charge in [0.25, 0.3) is 0 Å². The van der Waals surface area contributed by atoms with Crippen LogP contribution in [-0.2, 0) is 12.3 Å². The molecule has 0 aromatic carbocycles. The molecular formula is C18H20N4S. The average Bonchev–Trinajstić information content (AvgIpc) is 2.84. The normalized spacial score (nSPS) is 11.6. The maximum absolute atomic E-state index is 4.39. The molecule has 3 aromatic heterocycles. The van der Waals surface area contributed by atoms with Crippen molar-refractivity contribution in [3.8, 4) is 0 Å². The molecule has 0 saturated carbocycles. The van der Waals surface area contributed by atoms with Gasteiger partial charge in [-0.3, -0.25) is 4.98 Å². The Morgan fingerprint density at radius 3 is 2.87 bits per heavy atom. The van der Waals surface area contributed by atoms with Crippen LogP contribution in [0.15, 0.2) is 47.8 Å². The van der Waals surface area contributed by atoms with Gasteiger partial charge in [0.15, 0.2) is 0 Å². The fraction of sp³-hybridized carbons (Fsp3) is 0.278. The first-order valence-electron chi connectivity index (χ1n) is 7.67. The summed E-state index contributed by atoms with van der Waals surface area (Å²) in [5.74, 6) is 0.793. The van der Waals surface area contributed by atoms with Crippen LogP contribution < -0.4 is 0 Å². The first kappa shape index (κ1) is 15.7. The van der Waals surface area contributed by atoms with Gasteiger partial charge in [-0.1, -0.05) is 30.0 Å². The summed E-state index contributed by atoms with van der Waals surface area (Å²) in [4.78, 5) is 4.38. The fourth-order valence-corrected chi connectivity index (χ4v) is 3.54. The zero-order valence-electron chi connectivity index (χ0n) is 13.7. The maximum atomic E-state index is 4.39. The molecule has 23 heavy (non-hydrogen) atoms. The van der Waals surface area contributed by atoms with Crippen molar-refractivity contribution in [2.24, 2.45) is 0 Å². The van der Waals surface area contributed by atoms with Crippen molar-refractivity contribution in [2.45, 2.75) is 38.1 Å². The maximum Gasteiger partial charge on any atom is 0.143 e. The summed E-state index contributed by atoms with van der Waals surface area (Å²) in [5.41, 5.74) is 4.78. The van der Waals surface area contributed by atoms with Crippen molar-refractivity contribution in [3.63, 3.8) is 0 Å². The number of aromatic nitrogens is 4. The largest absolute Gasteiger partial charge is 0.339 e.